The number of carbonyl (C=O) groups excluding carboxylic acids is 2. The van der Waals surface area contributed by atoms with Crippen LogP contribution in [0, 0.1) is 0 Å². The molecular formula is C19H22ClN3O4. The Labute approximate surface area is 162 Å². The van der Waals surface area contributed by atoms with Crippen LogP contribution < -0.4 is 25.8 Å². The van der Waals surface area contributed by atoms with E-state index in [0.29, 0.717) is 30.2 Å². The number of amides is 2. The molecule has 0 aliphatic carbocycles. The Bertz CT molecular complexity index is 827. The molecule has 0 aliphatic heterocycles. The number of hydrogen-bond donors (Lipinski definition) is 3. The van der Waals surface area contributed by atoms with Crippen molar-refractivity contribution in [3.8, 4) is 11.5 Å². The maximum Gasteiger partial charge on any atom is 0.250 e. The number of carbonyl (C=O) groups is 2. The molecule has 0 spiro atoms. The molecule has 0 radical (unpaired) electrons. The van der Waals surface area contributed by atoms with Gasteiger partial charge < -0.3 is 25.8 Å². The van der Waals surface area contributed by atoms with Crippen molar-refractivity contribution < 1.29 is 19.1 Å². The number of hydrogen-bond acceptors (Lipinski definition) is 5. The Balaban J connectivity index is 1.82. The largest absolute Gasteiger partial charge is 0.493 e. The fraction of sp³-hybridized carbons (Fsp3) is 0.263. The van der Waals surface area contributed by atoms with Crippen molar-refractivity contribution >= 4 is 29.1 Å². The lowest BCUT2D eigenvalue weighted by atomic mass is 10.1. The predicted octanol–water partition coefficient (Wildman–Crippen LogP) is 2.23. The second kappa shape index (κ2) is 9.68. The lowest BCUT2D eigenvalue weighted by molar-refractivity contribution is -0.119. The zero-order valence-electron chi connectivity index (χ0n) is 15.2. The molecule has 2 aromatic rings. The monoisotopic (exact) mass is 391 g/mol. The average Bonchev–Trinajstić information content (AvgIpc) is 2.66. The maximum absolute atomic E-state index is 12.0. The molecule has 0 atom stereocenters. The Morgan fingerprint density at radius 1 is 1.07 bits per heavy atom. The minimum atomic E-state index is -0.622. The highest BCUT2D eigenvalue weighted by Crippen LogP contribution is 2.27. The van der Waals surface area contributed by atoms with Crippen molar-refractivity contribution in [2.24, 2.45) is 5.73 Å². The SMILES string of the molecule is COc1ccc(CCNC(=O)CNc2ccc(Cl)c(C(N)=O)c2)cc1OC. The standard InChI is InChI=1S/C19H22ClN3O4/c1-26-16-6-3-12(9-17(16)27-2)7-8-22-18(24)11-23-13-4-5-15(20)14(10-13)19(21)25/h3-6,9-10,23H,7-8,11H2,1-2H3,(H2,21,25)(H,22,24). The number of nitrogens with two attached hydrogens (primary N) is 1. The molecule has 27 heavy (non-hydrogen) atoms. The first-order valence-electron chi connectivity index (χ1n) is 8.25. The Morgan fingerprint density at radius 3 is 2.48 bits per heavy atom. The highest BCUT2D eigenvalue weighted by atomic mass is 35.5. The van der Waals surface area contributed by atoms with E-state index in [9.17, 15) is 9.59 Å². The fourth-order valence-electron chi connectivity index (χ4n) is 2.45. The van der Waals surface area contributed by atoms with E-state index in [1.54, 1.807) is 26.4 Å². The summed E-state index contributed by atoms with van der Waals surface area (Å²) in [6.45, 7) is 0.537. The van der Waals surface area contributed by atoms with E-state index >= 15 is 0 Å². The van der Waals surface area contributed by atoms with Gasteiger partial charge in [-0.15, -0.1) is 0 Å². The highest BCUT2D eigenvalue weighted by molar-refractivity contribution is 6.33. The minimum absolute atomic E-state index is 0.0613. The third-order valence-electron chi connectivity index (χ3n) is 3.87. The number of primary amides is 1. The van der Waals surface area contributed by atoms with Crippen LogP contribution >= 0.6 is 11.6 Å². The van der Waals surface area contributed by atoms with Gasteiger partial charge in [-0.3, -0.25) is 9.59 Å². The molecule has 2 amide bonds. The molecule has 0 aromatic heterocycles. The van der Waals surface area contributed by atoms with Crippen molar-refractivity contribution in [3.05, 3.63) is 52.5 Å². The first-order valence-corrected chi connectivity index (χ1v) is 8.63. The summed E-state index contributed by atoms with van der Waals surface area (Å²) >= 11 is 5.90. The van der Waals surface area contributed by atoms with Gasteiger partial charge in [0.2, 0.25) is 11.8 Å². The Morgan fingerprint density at radius 2 is 1.81 bits per heavy atom. The number of benzene rings is 2. The smallest absolute Gasteiger partial charge is 0.250 e. The van der Waals surface area contributed by atoms with E-state index in [1.165, 1.54) is 6.07 Å². The van der Waals surface area contributed by atoms with Gasteiger partial charge in [-0.05, 0) is 42.3 Å². The Kier molecular flexibility index (Phi) is 7.31. The number of ether oxygens (including phenoxy) is 2. The van der Waals surface area contributed by atoms with Crippen LogP contribution in [0.15, 0.2) is 36.4 Å². The summed E-state index contributed by atoms with van der Waals surface area (Å²) in [5.74, 6) is 0.512. The van der Waals surface area contributed by atoms with Crippen LogP contribution in [-0.4, -0.2) is 39.1 Å². The van der Waals surface area contributed by atoms with Crippen molar-refractivity contribution in [1.29, 1.82) is 0 Å². The van der Waals surface area contributed by atoms with E-state index in [-0.39, 0.29) is 23.0 Å². The highest BCUT2D eigenvalue weighted by Gasteiger charge is 2.09. The van der Waals surface area contributed by atoms with Gasteiger partial charge in [0, 0.05) is 12.2 Å². The molecule has 0 saturated heterocycles. The van der Waals surface area contributed by atoms with Gasteiger partial charge in [0.05, 0.1) is 31.4 Å². The second-order valence-corrected chi connectivity index (χ2v) is 6.11. The van der Waals surface area contributed by atoms with Crippen molar-refractivity contribution in [2.75, 3.05) is 32.6 Å². The molecule has 4 N–H and O–H groups in total. The third kappa shape index (κ3) is 5.79. The topological polar surface area (TPSA) is 103 Å². The maximum atomic E-state index is 12.0. The molecule has 144 valence electrons. The van der Waals surface area contributed by atoms with Crippen LogP contribution in [0.2, 0.25) is 5.02 Å². The second-order valence-electron chi connectivity index (χ2n) is 5.70. The van der Waals surface area contributed by atoms with Gasteiger partial charge in [0.25, 0.3) is 0 Å². The number of nitrogens with one attached hydrogen (secondary N) is 2. The molecule has 0 unspecified atom stereocenters. The van der Waals surface area contributed by atoms with E-state index in [0.717, 1.165) is 5.56 Å². The van der Waals surface area contributed by atoms with Crippen molar-refractivity contribution in [1.82, 2.24) is 5.32 Å². The molecule has 0 fully saturated rings. The van der Waals surface area contributed by atoms with Gasteiger partial charge in [-0.2, -0.15) is 0 Å². The number of methoxy groups -OCH3 is 2. The quantitative estimate of drug-likeness (QED) is 0.608. The van der Waals surface area contributed by atoms with Gasteiger partial charge in [0.15, 0.2) is 11.5 Å². The molecule has 0 aliphatic rings. The number of anilines is 1. The van der Waals surface area contributed by atoms with Crippen LogP contribution in [0.25, 0.3) is 0 Å². The molecule has 2 rings (SSSR count). The predicted molar refractivity (Wildman–Crippen MR) is 105 cm³/mol. The van der Waals surface area contributed by atoms with Gasteiger partial charge in [0.1, 0.15) is 0 Å². The number of halogens is 1. The number of rotatable bonds is 9. The molecule has 0 heterocycles. The molecule has 7 nitrogen and oxygen atoms in total. The minimum Gasteiger partial charge on any atom is -0.493 e. The zero-order valence-corrected chi connectivity index (χ0v) is 15.9. The van der Waals surface area contributed by atoms with Crippen molar-refractivity contribution in [3.63, 3.8) is 0 Å². The van der Waals surface area contributed by atoms with E-state index in [4.69, 9.17) is 26.8 Å². The van der Waals surface area contributed by atoms with E-state index in [1.807, 2.05) is 18.2 Å². The third-order valence-corrected chi connectivity index (χ3v) is 4.20. The van der Waals surface area contributed by atoms with Crippen LogP contribution in [0.4, 0.5) is 5.69 Å². The van der Waals surface area contributed by atoms with Crippen molar-refractivity contribution in [2.45, 2.75) is 6.42 Å². The van der Waals surface area contributed by atoms with Crippen LogP contribution in [-0.2, 0) is 11.2 Å². The van der Waals surface area contributed by atoms with Crippen LogP contribution in [0.5, 0.6) is 11.5 Å². The molecule has 8 heteroatoms. The van der Waals surface area contributed by atoms with E-state index in [2.05, 4.69) is 10.6 Å². The summed E-state index contributed by atoms with van der Waals surface area (Å²) in [5, 5.41) is 6.03. The van der Waals surface area contributed by atoms with Crippen LogP contribution in [0.3, 0.4) is 0 Å². The summed E-state index contributed by atoms with van der Waals surface area (Å²) in [6.07, 6.45) is 0.652. The van der Waals surface area contributed by atoms with Crippen LogP contribution in [0.1, 0.15) is 15.9 Å². The molecule has 0 saturated carbocycles. The fourth-order valence-corrected chi connectivity index (χ4v) is 2.66. The van der Waals surface area contributed by atoms with Gasteiger partial charge in [-0.1, -0.05) is 17.7 Å². The summed E-state index contributed by atoms with van der Waals surface area (Å²) in [4.78, 5) is 23.3. The Hall–Kier alpha value is -2.93. The molecular weight excluding hydrogens is 370 g/mol. The first kappa shape index (κ1) is 20.4. The zero-order chi connectivity index (χ0) is 19.8. The lowest BCUT2D eigenvalue weighted by Crippen LogP contribution is -2.31. The first-order chi connectivity index (χ1) is 12.9. The summed E-state index contributed by atoms with van der Waals surface area (Å²) in [5.41, 5.74) is 7.06. The molecule has 0 bridgehead atoms. The normalized spacial score (nSPS) is 10.2. The summed E-state index contributed by atoms with van der Waals surface area (Å²) in [6, 6.07) is 10.4. The lowest BCUT2D eigenvalue weighted by Gasteiger charge is -2.11. The van der Waals surface area contributed by atoms with Gasteiger partial charge in [-0.25, -0.2) is 0 Å². The molecule has 2 aromatic carbocycles. The van der Waals surface area contributed by atoms with Gasteiger partial charge >= 0.3 is 0 Å². The summed E-state index contributed by atoms with van der Waals surface area (Å²) < 4.78 is 10.5. The van der Waals surface area contributed by atoms with E-state index < -0.39 is 5.91 Å². The average molecular weight is 392 g/mol. The summed E-state index contributed by atoms with van der Waals surface area (Å²) in [7, 11) is 3.16.